The monoisotopic (exact) mass is 574 g/mol. The fourth-order valence-corrected chi connectivity index (χ4v) is 6.06. The van der Waals surface area contributed by atoms with Gasteiger partial charge in [-0.25, -0.2) is 9.37 Å². The van der Waals surface area contributed by atoms with Gasteiger partial charge in [0.1, 0.15) is 23.1 Å². The molecular weight excluding hydrogens is 548 g/mol. The molecule has 2 aromatic heterocycles. The van der Waals surface area contributed by atoms with Gasteiger partial charge < -0.3 is 14.3 Å². The van der Waals surface area contributed by atoms with E-state index in [0.717, 1.165) is 42.0 Å². The van der Waals surface area contributed by atoms with Gasteiger partial charge in [0.05, 0.1) is 11.5 Å². The number of hydrogen-bond donors (Lipinski definition) is 1. The Kier molecular flexibility index (Phi) is 5.92. The molecule has 2 unspecified atom stereocenters. The molecule has 2 saturated carbocycles. The first-order valence-corrected chi connectivity index (χ1v) is 13.8. The summed E-state index contributed by atoms with van der Waals surface area (Å²) in [4.78, 5) is 4.45. The van der Waals surface area contributed by atoms with Crippen LogP contribution >= 0.6 is 0 Å². The van der Waals surface area contributed by atoms with Crippen LogP contribution in [0, 0.1) is 22.7 Å². The molecule has 0 aliphatic heterocycles. The summed E-state index contributed by atoms with van der Waals surface area (Å²) in [7, 11) is 1.80. The molecule has 0 spiro atoms. The van der Waals surface area contributed by atoms with Crippen LogP contribution in [0.2, 0.25) is 0 Å². The predicted octanol–water partition coefficient (Wildman–Crippen LogP) is 6.63. The minimum absolute atomic E-state index is 0.0484. The van der Waals surface area contributed by atoms with Crippen LogP contribution < -0.4 is 5.32 Å². The third kappa shape index (κ3) is 4.41. The zero-order chi connectivity index (χ0) is 29.3. The van der Waals surface area contributed by atoms with Crippen molar-refractivity contribution in [2.45, 2.75) is 44.1 Å². The van der Waals surface area contributed by atoms with E-state index in [1.165, 1.54) is 0 Å². The molecule has 2 aromatic carbocycles. The summed E-state index contributed by atoms with van der Waals surface area (Å²) in [6, 6.07) is 12.1. The van der Waals surface area contributed by atoms with Gasteiger partial charge in [0.15, 0.2) is 11.4 Å². The summed E-state index contributed by atoms with van der Waals surface area (Å²) in [6.45, 7) is 0.591. The van der Waals surface area contributed by atoms with Crippen LogP contribution in [0.4, 0.5) is 17.6 Å². The summed E-state index contributed by atoms with van der Waals surface area (Å²) in [5.41, 5.74) is 0.150. The predicted molar refractivity (Wildman–Crippen MR) is 147 cm³/mol. The first-order valence-electron chi connectivity index (χ1n) is 13.8. The number of alkyl halides is 4. The molecule has 0 saturated heterocycles. The number of allylic oxidation sites excluding steroid dienone is 4. The number of hydrogen-bond acceptors (Lipinski definition) is 6. The number of nitriles is 1. The molecule has 4 aromatic rings. The third-order valence-corrected chi connectivity index (χ3v) is 8.67. The van der Waals surface area contributed by atoms with Crippen LogP contribution in [-0.4, -0.2) is 32.0 Å². The van der Waals surface area contributed by atoms with Gasteiger partial charge in [-0.3, -0.25) is 0 Å². The number of rotatable bonds is 7. The normalized spacial score (nSPS) is 22.6. The molecule has 0 amide bonds. The van der Waals surface area contributed by atoms with Gasteiger partial charge in [0, 0.05) is 37.2 Å². The molecule has 3 aliphatic carbocycles. The van der Waals surface area contributed by atoms with Gasteiger partial charge in [-0.1, -0.05) is 24.6 Å². The standard InChI is InChI=1S/C31H26F4N6O/c1-41-17-38-40-27(41)25-21(6-9-30(32)13-23(25)30)19-4-2-5-20(12-19)28-39-24-11-18(10-22(26(24)42-28)31(33,34)35)14-37-16-29(15-36)7-3-8-29/h2,4-6,9-12,17,23,37H,3,7-8,13-14,16H2,1H3. The highest BCUT2D eigenvalue weighted by Gasteiger charge is 2.58. The number of aromatic nitrogens is 4. The number of fused-ring (bicyclic) bond motifs is 2. The second-order valence-corrected chi connectivity index (χ2v) is 11.5. The van der Waals surface area contributed by atoms with Crippen LogP contribution in [0.5, 0.6) is 0 Å². The van der Waals surface area contributed by atoms with E-state index < -0.39 is 22.8 Å². The Balaban J connectivity index is 1.25. The van der Waals surface area contributed by atoms with Crippen molar-refractivity contribution in [3.05, 3.63) is 77.4 Å². The Labute approximate surface area is 238 Å². The second kappa shape index (κ2) is 9.36. The van der Waals surface area contributed by atoms with Gasteiger partial charge in [0.2, 0.25) is 5.89 Å². The lowest BCUT2D eigenvalue weighted by atomic mass is 9.70. The quantitative estimate of drug-likeness (QED) is 0.249. The van der Waals surface area contributed by atoms with E-state index in [1.54, 1.807) is 54.4 Å². The highest BCUT2D eigenvalue weighted by atomic mass is 19.4. The van der Waals surface area contributed by atoms with E-state index in [-0.39, 0.29) is 29.5 Å². The Hall–Kier alpha value is -4.30. The number of oxazole rings is 1. The zero-order valence-corrected chi connectivity index (χ0v) is 22.7. The number of benzene rings is 2. The molecule has 0 bridgehead atoms. The number of nitrogens with one attached hydrogen (secondary N) is 1. The molecule has 7 nitrogen and oxygen atoms in total. The molecule has 2 atom stereocenters. The van der Waals surface area contributed by atoms with E-state index in [4.69, 9.17) is 4.42 Å². The van der Waals surface area contributed by atoms with Crippen molar-refractivity contribution in [3.63, 3.8) is 0 Å². The Morgan fingerprint density at radius 1 is 1.19 bits per heavy atom. The first-order chi connectivity index (χ1) is 20.1. The van der Waals surface area contributed by atoms with Crippen molar-refractivity contribution >= 4 is 22.2 Å². The van der Waals surface area contributed by atoms with Crippen molar-refractivity contribution in [2.24, 2.45) is 18.4 Å². The first kappa shape index (κ1) is 26.6. The van der Waals surface area contributed by atoms with Crippen molar-refractivity contribution in [2.75, 3.05) is 6.54 Å². The number of halogens is 4. The van der Waals surface area contributed by atoms with Crippen LogP contribution in [0.1, 0.15) is 48.2 Å². The Morgan fingerprint density at radius 3 is 2.69 bits per heavy atom. The second-order valence-electron chi connectivity index (χ2n) is 11.5. The minimum atomic E-state index is -4.65. The van der Waals surface area contributed by atoms with Crippen molar-refractivity contribution in [1.29, 1.82) is 5.26 Å². The molecular formula is C31H26F4N6O. The maximum Gasteiger partial charge on any atom is 0.420 e. The molecule has 214 valence electrons. The summed E-state index contributed by atoms with van der Waals surface area (Å²) in [5, 5.41) is 20.8. The lowest BCUT2D eigenvalue weighted by Crippen LogP contribution is -2.38. The molecule has 7 rings (SSSR count). The maximum atomic E-state index is 15.1. The van der Waals surface area contributed by atoms with E-state index in [9.17, 15) is 18.4 Å². The highest BCUT2D eigenvalue weighted by Crippen LogP contribution is 2.60. The van der Waals surface area contributed by atoms with Gasteiger partial charge in [-0.05, 0) is 66.3 Å². The van der Waals surface area contributed by atoms with Crippen LogP contribution in [0.15, 0.2) is 59.3 Å². The number of nitrogens with zero attached hydrogens (tertiary/aromatic N) is 5. The molecule has 2 heterocycles. The minimum Gasteiger partial charge on any atom is -0.435 e. The molecule has 3 aliphatic rings. The SMILES string of the molecule is Cn1cnnc1C1=C(c2cccc(-c3nc4cc(CNCC5(C#N)CCC5)cc(C(F)(F)F)c4o3)c2)C=CC2(F)CC12. The molecule has 11 heteroatoms. The summed E-state index contributed by atoms with van der Waals surface area (Å²) < 4.78 is 65.0. The van der Waals surface area contributed by atoms with E-state index in [1.807, 2.05) is 6.07 Å². The van der Waals surface area contributed by atoms with Crippen molar-refractivity contribution < 1.29 is 22.0 Å². The average molecular weight is 575 g/mol. The van der Waals surface area contributed by atoms with Crippen molar-refractivity contribution in [1.82, 2.24) is 25.1 Å². The maximum absolute atomic E-state index is 15.1. The smallest absolute Gasteiger partial charge is 0.420 e. The lowest BCUT2D eigenvalue weighted by molar-refractivity contribution is -0.136. The third-order valence-electron chi connectivity index (χ3n) is 8.67. The van der Waals surface area contributed by atoms with Crippen LogP contribution in [0.25, 0.3) is 33.7 Å². The topological polar surface area (TPSA) is 92.6 Å². The zero-order valence-electron chi connectivity index (χ0n) is 22.7. The van der Waals surface area contributed by atoms with E-state index in [2.05, 4.69) is 26.6 Å². The van der Waals surface area contributed by atoms with Gasteiger partial charge in [0.25, 0.3) is 0 Å². The highest BCUT2D eigenvalue weighted by molar-refractivity contribution is 5.99. The Morgan fingerprint density at radius 2 is 2.00 bits per heavy atom. The van der Waals surface area contributed by atoms with Crippen molar-refractivity contribution in [3.8, 4) is 17.5 Å². The lowest BCUT2D eigenvalue weighted by Gasteiger charge is -2.35. The van der Waals surface area contributed by atoms with Crippen LogP contribution in [-0.2, 0) is 19.8 Å². The molecule has 0 radical (unpaired) electrons. The van der Waals surface area contributed by atoms with E-state index in [0.29, 0.717) is 29.9 Å². The number of aryl methyl sites for hydroxylation is 1. The average Bonchev–Trinajstić information content (AvgIpc) is 3.23. The fraction of sp³-hybridized carbons (Fsp3) is 0.355. The van der Waals surface area contributed by atoms with Crippen LogP contribution in [0.3, 0.4) is 0 Å². The summed E-state index contributed by atoms with van der Waals surface area (Å²) in [6.07, 6.45) is 3.12. The van der Waals surface area contributed by atoms with Gasteiger partial charge in [-0.15, -0.1) is 10.2 Å². The molecule has 2 fully saturated rings. The fourth-order valence-electron chi connectivity index (χ4n) is 6.06. The largest absolute Gasteiger partial charge is 0.435 e. The van der Waals surface area contributed by atoms with Gasteiger partial charge in [-0.2, -0.15) is 18.4 Å². The summed E-state index contributed by atoms with van der Waals surface area (Å²) >= 11 is 0. The molecule has 42 heavy (non-hydrogen) atoms. The van der Waals surface area contributed by atoms with Gasteiger partial charge >= 0.3 is 6.18 Å². The van der Waals surface area contributed by atoms with E-state index >= 15 is 4.39 Å². The Bertz CT molecular complexity index is 1820. The summed E-state index contributed by atoms with van der Waals surface area (Å²) in [5.74, 6) is 0.273. The molecule has 1 N–H and O–H groups in total.